The van der Waals surface area contributed by atoms with E-state index in [-0.39, 0.29) is 6.04 Å². The number of likely N-dealkylation sites (N-methyl/N-ethyl adjacent to an activating group) is 1. The number of Topliss-reactive ketones (excluding diaryl/α,β-unsaturated/α-hetero) is 1. The number of carbonyl (C=O) groups is 1. The van der Waals surface area contributed by atoms with Crippen LogP contribution in [0.1, 0.15) is 31.2 Å². The lowest BCUT2D eigenvalue weighted by atomic mass is 9.94. The summed E-state index contributed by atoms with van der Waals surface area (Å²) < 4.78 is 0. The predicted molar refractivity (Wildman–Crippen MR) is 67.5 cm³/mol. The van der Waals surface area contributed by atoms with Crippen molar-refractivity contribution in [3.63, 3.8) is 0 Å². The Morgan fingerprint density at radius 2 is 1.88 bits per heavy atom. The molecule has 0 aromatic heterocycles. The van der Waals surface area contributed by atoms with Gasteiger partial charge in [-0.25, -0.2) is 0 Å². The van der Waals surface area contributed by atoms with E-state index in [1.165, 1.54) is 12.0 Å². The Morgan fingerprint density at radius 1 is 1.19 bits per heavy atom. The fraction of sp³-hybridized carbons (Fsp3) is 0.500. The second-order valence-corrected chi connectivity index (χ2v) is 4.21. The smallest absolute Gasteiger partial charge is 0.149 e. The number of ketones is 1. The average molecular weight is 219 g/mol. The van der Waals surface area contributed by atoms with Crippen LogP contribution in [0.5, 0.6) is 0 Å². The highest BCUT2D eigenvalue weighted by molar-refractivity contribution is 5.84. The largest absolute Gasteiger partial charge is 0.311 e. The topological polar surface area (TPSA) is 29.1 Å². The second-order valence-electron chi connectivity index (χ2n) is 4.21. The van der Waals surface area contributed by atoms with Gasteiger partial charge in [0.2, 0.25) is 0 Å². The van der Waals surface area contributed by atoms with Crippen LogP contribution < -0.4 is 5.32 Å². The Balaban J connectivity index is 0.000000165. The molecule has 0 heterocycles. The lowest BCUT2D eigenvalue weighted by Crippen LogP contribution is -2.36. The summed E-state index contributed by atoms with van der Waals surface area (Å²) >= 11 is 0. The molecule has 2 rings (SSSR count). The minimum Gasteiger partial charge on any atom is -0.311 e. The van der Waals surface area contributed by atoms with Gasteiger partial charge in [0.25, 0.3) is 0 Å². The Hall–Kier alpha value is -1.15. The first-order valence-corrected chi connectivity index (χ1v) is 5.95. The van der Waals surface area contributed by atoms with Crippen LogP contribution in [0.15, 0.2) is 30.3 Å². The maximum Gasteiger partial charge on any atom is 0.149 e. The van der Waals surface area contributed by atoms with Gasteiger partial charge < -0.3 is 5.32 Å². The Kier molecular flexibility index (Phi) is 5.79. The van der Waals surface area contributed by atoms with Crippen LogP contribution in [-0.2, 0) is 4.79 Å². The van der Waals surface area contributed by atoms with Crippen LogP contribution in [0.3, 0.4) is 0 Å². The molecule has 1 N–H and O–H groups in total. The molecule has 1 fully saturated rings. The molecule has 2 heteroatoms. The summed E-state index contributed by atoms with van der Waals surface area (Å²) in [5.74, 6) is 0.392. The van der Waals surface area contributed by atoms with E-state index in [1.807, 2.05) is 25.2 Å². The van der Waals surface area contributed by atoms with Crippen LogP contribution >= 0.6 is 0 Å². The van der Waals surface area contributed by atoms with E-state index >= 15 is 0 Å². The first-order chi connectivity index (χ1) is 7.74. The highest BCUT2D eigenvalue weighted by Gasteiger charge is 2.19. The van der Waals surface area contributed by atoms with E-state index in [0.29, 0.717) is 5.78 Å². The number of aryl methyl sites for hydroxylation is 1. The summed E-state index contributed by atoms with van der Waals surface area (Å²) in [5.41, 5.74) is 1.32. The standard InChI is InChI=1S/C7H13NO.C7H8/c1-8-6-4-2-3-5-7(6)9;1-7-5-3-2-4-6-7/h6,8H,2-5H2,1H3;2-6H,1H3. The van der Waals surface area contributed by atoms with E-state index in [9.17, 15) is 4.79 Å². The molecule has 0 amide bonds. The number of carbonyl (C=O) groups excluding carboxylic acids is 1. The molecule has 0 radical (unpaired) electrons. The molecule has 0 saturated heterocycles. The fourth-order valence-electron chi connectivity index (χ4n) is 1.82. The molecule has 0 aliphatic heterocycles. The Morgan fingerprint density at radius 3 is 2.25 bits per heavy atom. The van der Waals surface area contributed by atoms with E-state index in [0.717, 1.165) is 19.3 Å². The summed E-state index contributed by atoms with van der Waals surface area (Å²) in [4.78, 5) is 11.0. The average Bonchev–Trinajstić information content (AvgIpc) is 2.31. The minimum atomic E-state index is 0.166. The third-order valence-electron chi connectivity index (χ3n) is 2.84. The van der Waals surface area contributed by atoms with Crippen molar-refractivity contribution in [2.45, 2.75) is 38.6 Å². The maximum atomic E-state index is 11.0. The van der Waals surface area contributed by atoms with E-state index in [4.69, 9.17) is 0 Å². The third-order valence-corrected chi connectivity index (χ3v) is 2.84. The monoisotopic (exact) mass is 219 g/mol. The molecule has 1 aromatic carbocycles. The molecule has 1 aliphatic carbocycles. The zero-order valence-corrected chi connectivity index (χ0v) is 10.2. The summed E-state index contributed by atoms with van der Waals surface area (Å²) in [5, 5.41) is 3.00. The number of hydrogen-bond donors (Lipinski definition) is 1. The van der Waals surface area contributed by atoms with E-state index < -0.39 is 0 Å². The van der Waals surface area contributed by atoms with Crippen molar-refractivity contribution in [2.24, 2.45) is 0 Å². The normalized spacial score (nSPS) is 19.9. The zero-order chi connectivity index (χ0) is 11.8. The SMILES string of the molecule is CNC1CCCCC1=O.Cc1ccccc1. The van der Waals surface area contributed by atoms with Gasteiger partial charge in [0, 0.05) is 6.42 Å². The summed E-state index contributed by atoms with van der Waals surface area (Å²) in [7, 11) is 1.86. The molecule has 0 spiro atoms. The Labute approximate surface area is 98.1 Å². The molecule has 1 saturated carbocycles. The molecule has 1 aliphatic rings. The highest BCUT2D eigenvalue weighted by Crippen LogP contribution is 2.13. The maximum absolute atomic E-state index is 11.0. The van der Waals surface area contributed by atoms with Gasteiger partial charge in [0.05, 0.1) is 6.04 Å². The highest BCUT2D eigenvalue weighted by atomic mass is 16.1. The van der Waals surface area contributed by atoms with Crippen LogP contribution in [0.25, 0.3) is 0 Å². The van der Waals surface area contributed by atoms with Gasteiger partial charge in [-0.1, -0.05) is 42.3 Å². The van der Waals surface area contributed by atoms with Crippen molar-refractivity contribution in [2.75, 3.05) is 7.05 Å². The number of nitrogens with one attached hydrogen (secondary N) is 1. The van der Waals surface area contributed by atoms with Crippen molar-refractivity contribution >= 4 is 5.78 Å². The molecule has 88 valence electrons. The van der Waals surface area contributed by atoms with Crippen molar-refractivity contribution in [3.05, 3.63) is 35.9 Å². The van der Waals surface area contributed by atoms with Gasteiger partial charge in [-0.05, 0) is 26.8 Å². The van der Waals surface area contributed by atoms with Gasteiger partial charge in [0.15, 0.2) is 0 Å². The summed E-state index contributed by atoms with van der Waals surface area (Å²) in [6.45, 7) is 2.08. The lowest BCUT2D eigenvalue weighted by Gasteiger charge is -2.18. The molecular formula is C14H21NO. The number of hydrogen-bond acceptors (Lipinski definition) is 2. The van der Waals surface area contributed by atoms with Crippen molar-refractivity contribution < 1.29 is 4.79 Å². The van der Waals surface area contributed by atoms with Gasteiger partial charge in [-0.3, -0.25) is 4.79 Å². The molecule has 1 aromatic rings. The lowest BCUT2D eigenvalue weighted by molar-refractivity contribution is -0.122. The molecule has 2 nitrogen and oxygen atoms in total. The molecular weight excluding hydrogens is 198 g/mol. The molecule has 16 heavy (non-hydrogen) atoms. The van der Waals surface area contributed by atoms with Crippen LogP contribution in [0.4, 0.5) is 0 Å². The van der Waals surface area contributed by atoms with Gasteiger partial charge in [-0.2, -0.15) is 0 Å². The molecule has 1 atom stereocenters. The van der Waals surface area contributed by atoms with E-state index in [2.05, 4.69) is 24.4 Å². The summed E-state index contributed by atoms with van der Waals surface area (Å²) in [6, 6.07) is 10.4. The van der Waals surface area contributed by atoms with Crippen LogP contribution in [0, 0.1) is 6.92 Å². The quantitative estimate of drug-likeness (QED) is 0.787. The van der Waals surface area contributed by atoms with Crippen molar-refractivity contribution in [1.29, 1.82) is 0 Å². The van der Waals surface area contributed by atoms with Gasteiger partial charge in [0.1, 0.15) is 5.78 Å². The zero-order valence-electron chi connectivity index (χ0n) is 10.2. The van der Waals surface area contributed by atoms with Crippen LogP contribution in [0.2, 0.25) is 0 Å². The molecule has 0 bridgehead atoms. The van der Waals surface area contributed by atoms with Crippen molar-refractivity contribution in [1.82, 2.24) is 5.32 Å². The second kappa shape index (κ2) is 7.18. The van der Waals surface area contributed by atoms with Gasteiger partial charge in [-0.15, -0.1) is 0 Å². The van der Waals surface area contributed by atoms with Gasteiger partial charge >= 0.3 is 0 Å². The number of benzene rings is 1. The van der Waals surface area contributed by atoms with Crippen LogP contribution in [-0.4, -0.2) is 18.9 Å². The first-order valence-electron chi connectivity index (χ1n) is 5.95. The summed E-state index contributed by atoms with van der Waals surface area (Å²) in [6.07, 6.45) is 4.12. The minimum absolute atomic E-state index is 0.166. The third kappa shape index (κ3) is 4.58. The number of rotatable bonds is 1. The first kappa shape index (κ1) is 12.9. The predicted octanol–water partition coefficient (Wildman–Crippen LogP) is 2.71. The Bertz CT molecular complexity index is 308. The van der Waals surface area contributed by atoms with Crippen molar-refractivity contribution in [3.8, 4) is 0 Å². The van der Waals surface area contributed by atoms with E-state index in [1.54, 1.807) is 0 Å². The fourth-order valence-corrected chi connectivity index (χ4v) is 1.82. The molecule has 1 unspecified atom stereocenters.